The largest absolute Gasteiger partial charge is 0.388 e. The van der Waals surface area contributed by atoms with Gasteiger partial charge in [0.2, 0.25) is 0 Å². The molecule has 0 saturated carbocycles. The molecule has 1 amide bonds. The van der Waals surface area contributed by atoms with E-state index in [9.17, 15) is 9.90 Å². The maximum Gasteiger partial charge on any atom is 0.253 e. The van der Waals surface area contributed by atoms with Crippen molar-refractivity contribution in [3.63, 3.8) is 0 Å². The molecule has 5 nitrogen and oxygen atoms in total. The lowest BCUT2D eigenvalue weighted by molar-refractivity contribution is -0.153. The molecule has 5 heteroatoms. The maximum absolute atomic E-state index is 12.5. The van der Waals surface area contributed by atoms with Gasteiger partial charge < -0.3 is 19.6 Å². The van der Waals surface area contributed by atoms with Crippen LogP contribution in [0.1, 0.15) is 26.7 Å². The fourth-order valence-corrected chi connectivity index (χ4v) is 2.88. The molecule has 18 heavy (non-hydrogen) atoms. The molecule has 0 aromatic carbocycles. The van der Waals surface area contributed by atoms with Gasteiger partial charge in [-0.1, -0.05) is 0 Å². The average molecular weight is 256 g/mol. The molecule has 0 aliphatic carbocycles. The number of nitrogens with zero attached hydrogens (tertiary/aromatic N) is 2. The fraction of sp³-hybridized carbons (Fsp3) is 0.923. The van der Waals surface area contributed by atoms with Crippen LogP contribution in [0, 0.1) is 0 Å². The van der Waals surface area contributed by atoms with E-state index in [1.165, 1.54) is 0 Å². The van der Waals surface area contributed by atoms with Gasteiger partial charge in [-0.2, -0.15) is 0 Å². The van der Waals surface area contributed by atoms with Gasteiger partial charge in [-0.15, -0.1) is 0 Å². The van der Waals surface area contributed by atoms with E-state index in [-0.39, 0.29) is 18.1 Å². The summed E-state index contributed by atoms with van der Waals surface area (Å²) in [5, 5.41) is 10.1. The molecule has 2 saturated heterocycles. The minimum absolute atomic E-state index is 0.0335. The summed E-state index contributed by atoms with van der Waals surface area (Å²) in [5.41, 5.74) is -0.841. The molecule has 0 aromatic rings. The number of carbonyl (C=O) groups is 1. The predicted molar refractivity (Wildman–Crippen MR) is 68.3 cm³/mol. The first-order chi connectivity index (χ1) is 8.39. The van der Waals surface area contributed by atoms with E-state index in [0.29, 0.717) is 13.2 Å². The fourth-order valence-electron chi connectivity index (χ4n) is 2.88. The number of likely N-dealkylation sites (tertiary alicyclic amines) is 1. The van der Waals surface area contributed by atoms with E-state index >= 15 is 0 Å². The van der Waals surface area contributed by atoms with Crippen molar-refractivity contribution >= 4 is 5.91 Å². The Balaban J connectivity index is 2.03. The first-order valence-corrected chi connectivity index (χ1v) is 6.72. The van der Waals surface area contributed by atoms with Crippen LogP contribution < -0.4 is 0 Å². The lowest BCUT2D eigenvalue weighted by Crippen LogP contribution is -2.55. The smallest absolute Gasteiger partial charge is 0.253 e. The number of carbonyl (C=O) groups excluding carboxylic acids is 1. The number of rotatable bonds is 2. The highest BCUT2D eigenvalue weighted by molar-refractivity contribution is 5.82. The van der Waals surface area contributed by atoms with Gasteiger partial charge in [0.25, 0.3) is 5.91 Å². The van der Waals surface area contributed by atoms with Crippen LogP contribution in [-0.2, 0) is 9.53 Å². The van der Waals surface area contributed by atoms with Crippen LogP contribution in [-0.4, -0.2) is 71.8 Å². The van der Waals surface area contributed by atoms with Crippen LogP contribution >= 0.6 is 0 Å². The molecular formula is C13H24N2O3. The van der Waals surface area contributed by atoms with Gasteiger partial charge in [0.1, 0.15) is 6.10 Å². The number of likely N-dealkylation sites (N-methyl/N-ethyl adjacent to an activating group) is 1. The zero-order chi connectivity index (χ0) is 13.3. The van der Waals surface area contributed by atoms with Crippen molar-refractivity contribution in [2.45, 2.75) is 44.4 Å². The highest BCUT2D eigenvalue weighted by Crippen LogP contribution is 2.27. The van der Waals surface area contributed by atoms with Crippen LogP contribution in [0.5, 0.6) is 0 Å². The molecule has 2 unspecified atom stereocenters. The van der Waals surface area contributed by atoms with Crippen LogP contribution in [0.25, 0.3) is 0 Å². The van der Waals surface area contributed by atoms with Crippen LogP contribution in [0.4, 0.5) is 0 Å². The van der Waals surface area contributed by atoms with Crippen molar-refractivity contribution in [3.8, 4) is 0 Å². The lowest BCUT2D eigenvalue weighted by Gasteiger charge is -2.37. The first-order valence-electron chi connectivity index (χ1n) is 6.72. The highest BCUT2D eigenvalue weighted by Gasteiger charge is 2.41. The molecular weight excluding hydrogens is 232 g/mol. The van der Waals surface area contributed by atoms with E-state index in [0.717, 1.165) is 25.9 Å². The second-order valence-corrected chi connectivity index (χ2v) is 5.96. The molecule has 2 aliphatic heterocycles. The summed E-state index contributed by atoms with van der Waals surface area (Å²) in [6.07, 6.45) is 1.47. The summed E-state index contributed by atoms with van der Waals surface area (Å²) in [6, 6.07) is -0.0826. The Hall–Kier alpha value is -0.650. The number of morpholine rings is 1. The number of ether oxygens (including phenoxy) is 1. The Morgan fingerprint density at radius 3 is 2.72 bits per heavy atom. The standard InChI is InChI=1S/C13H24N2O3/c1-13(2,17)11-5-4-6-15(11)12(16)10-9-14(3)7-8-18-10/h10-11,17H,4-9H2,1-3H3. The Labute approximate surface area is 109 Å². The minimum Gasteiger partial charge on any atom is -0.388 e. The van der Waals surface area contributed by atoms with Crippen LogP contribution in [0.3, 0.4) is 0 Å². The van der Waals surface area contributed by atoms with Gasteiger partial charge >= 0.3 is 0 Å². The van der Waals surface area contributed by atoms with E-state index in [1.807, 2.05) is 11.9 Å². The van der Waals surface area contributed by atoms with Crippen molar-refractivity contribution in [1.29, 1.82) is 0 Å². The topological polar surface area (TPSA) is 53.0 Å². The molecule has 0 spiro atoms. The molecule has 2 rings (SSSR count). The Bertz CT molecular complexity index is 314. The Morgan fingerprint density at radius 2 is 2.11 bits per heavy atom. The zero-order valence-corrected chi connectivity index (χ0v) is 11.6. The molecule has 2 heterocycles. The van der Waals surface area contributed by atoms with E-state index in [2.05, 4.69) is 4.90 Å². The summed E-state index contributed by atoms with van der Waals surface area (Å²) in [6.45, 7) is 6.41. The van der Waals surface area contributed by atoms with Crippen molar-refractivity contribution in [3.05, 3.63) is 0 Å². The van der Waals surface area contributed by atoms with Crippen molar-refractivity contribution in [2.75, 3.05) is 33.3 Å². The minimum atomic E-state index is -0.841. The quantitative estimate of drug-likeness (QED) is 0.760. The highest BCUT2D eigenvalue weighted by atomic mass is 16.5. The normalized spacial score (nSPS) is 30.8. The molecule has 2 fully saturated rings. The SMILES string of the molecule is CN1CCOC(C(=O)N2CCCC2C(C)(C)O)C1. The molecule has 2 atom stereocenters. The molecule has 104 valence electrons. The van der Waals surface area contributed by atoms with E-state index in [1.54, 1.807) is 13.8 Å². The van der Waals surface area contributed by atoms with E-state index < -0.39 is 5.60 Å². The third-order valence-corrected chi connectivity index (χ3v) is 3.90. The summed E-state index contributed by atoms with van der Waals surface area (Å²) in [4.78, 5) is 16.4. The summed E-state index contributed by atoms with van der Waals surface area (Å²) in [5.74, 6) is 0.0335. The number of hydrogen-bond acceptors (Lipinski definition) is 4. The van der Waals surface area contributed by atoms with Gasteiger partial charge in [-0.25, -0.2) is 0 Å². The number of aliphatic hydroxyl groups is 1. The molecule has 0 aromatic heterocycles. The summed E-state index contributed by atoms with van der Waals surface area (Å²) >= 11 is 0. The van der Waals surface area contributed by atoms with Crippen LogP contribution in [0.15, 0.2) is 0 Å². The molecule has 0 bridgehead atoms. The zero-order valence-electron chi connectivity index (χ0n) is 11.6. The molecule has 1 N–H and O–H groups in total. The predicted octanol–water partition coefficient (Wildman–Crippen LogP) is 0.0789. The van der Waals surface area contributed by atoms with Crippen LogP contribution in [0.2, 0.25) is 0 Å². The van der Waals surface area contributed by atoms with Gasteiger partial charge in [-0.05, 0) is 33.7 Å². The van der Waals surface area contributed by atoms with Gasteiger partial charge in [0.05, 0.1) is 18.2 Å². The van der Waals surface area contributed by atoms with Gasteiger partial charge in [0, 0.05) is 19.6 Å². The van der Waals surface area contributed by atoms with Crippen molar-refractivity contribution in [1.82, 2.24) is 9.80 Å². The monoisotopic (exact) mass is 256 g/mol. The third kappa shape index (κ3) is 2.84. The summed E-state index contributed by atoms with van der Waals surface area (Å²) in [7, 11) is 2.00. The van der Waals surface area contributed by atoms with Crippen molar-refractivity contribution < 1.29 is 14.6 Å². The van der Waals surface area contributed by atoms with E-state index in [4.69, 9.17) is 4.74 Å². The summed E-state index contributed by atoms with van der Waals surface area (Å²) < 4.78 is 5.57. The van der Waals surface area contributed by atoms with Gasteiger partial charge in [0.15, 0.2) is 0 Å². The van der Waals surface area contributed by atoms with Gasteiger partial charge in [-0.3, -0.25) is 4.79 Å². The molecule has 2 aliphatic rings. The number of hydrogen-bond donors (Lipinski definition) is 1. The maximum atomic E-state index is 12.5. The Kier molecular flexibility index (Phi) is 3.94. The second kappa shape index (κ2) is 5.15. The average Bonchev–Trinajstić information content (AvgIpc) is 2.76. The third-order valence-electron chi connectivity index (χ3n) is 3.90. The second-order valence-electron chi connectivity index (χ2n) is 5.96. The lowest BCUT2D eigenvalue weighted by atomic mass is 9.96. The first kappa shape index (κ1) is 13.8. The molecule has 0 radical (unpaired) electrons. The Morgan fingerprint density at radius 1 is 1.39 bits per heavy atom. The number of amides is 1. The van der Waals surface area contributed by atoms with Crippen molar-refractivity contribution in [2.24, 2.45) is 0 Å².